The van der Waals surface area contributed by atoms with Gasteiger partial charge >= 0.3 is 0 Å². The van der Waals surface area contributed by atoms with Gasteiger partial charge in [-0.1, -0.05) is 71.3 Å². The number of anilines is 1. The smallest absolute Gasteiger partial charge is 0.183 e. The van der Waals surface area contributed by atoms with Gasteiger partial charge in [0.1, 0.15) is 0 Å². The Morgan fingerprint density at radius 1 is 0.650 bits per heavy atom. The highest BCUT2D eigenvalue weighted by Gasteiger charge is 2.67. The number of nitrogens with zero attached hydrogens (tertiary/aromatic N) is 1. The summed E-state index contributed by atoms with van der Waals surface area (Å²) >= 11 is 0. The Balaban J connectivity index is 1.46. The maximum absolute atomic E-state index is 14.5. The van der Waals surface area contributed by atoms with E-state index in [1.807, 2.05) is 43.3 Å². The fraction of sp³-hybridized carbons (Fsp3) is 0.333. The third-order valence-electron chi connectivity index (χ3n) is 9.62. The largest absolute Gasteiger partial charge is 0.378 e. The van der Waals surface area contributed by atoms with Crippen LogP contribution < -0.4 is 4.90 Å². The molecule has 40 heavy (non-hydrogen) atoms. The summed E-state index contributed by atoms with van der Waals surface area (Å²) in [6.07, 6.45) is 5.25. The van der Waals surface area contributed by atoms with Gasteiger partial charge in [0.15, 0.2) is 19.7 Å². The number of benzene rings is 3. The Morgan fingerprint density at radius 3 is 1.52 bits per heavy atom. The van der Waals surface area contributed by atoms with Gasteiger partial charge < -0.3 is 4.90 Å². The van der Waals surface area contributed by atoms with Gasteiger partial charge in [-0.3, -0.25) is 0 Å². The van der Waals surface area contributed by atoms with Crippen LogP contribution in [-0.4, -0.2) is 41.4 Å². The zero-order valence-corrected chi connectivity index (χ0v) is 24.3. The van der Waals surface area contributed by atoms with E-state index in [4.69, 9.17) is 0 Å². The standard InChI is InChI=1S/C33H33NO4S2/c1-34(2)24-17-13-21(14-18-24)19-27-30-28-22-15-16-23(20-22)29(28)31(27)33(40(37,38)26-11-7-4-8-12-26)32(30)39(35,36)25-9-5-3-6-10-25/h3-14,17-19,22-23,30-33H,15-16,20H2,1-2H3/t22-,23-,30-,31-,32+,33+/m0/s1. The van der Waals surface area contributed by atoms with Crippen LogP contribution >= 0.6 is 0 Å². The summed E-state index contributed by atoms with van der Waals surface area (Å²) in [5, 5.41) is -2.12. The first-order valence-electron chi connectivity index (χ1n) is 14.0. The number of hydrogen-bond acceptors (Lipinski definition) is 5. The van der Waals surface area contributed by atoms with Crippen LogP contribution in [0.25, 0.3) is 6.08 Å². The predicted molar refractivity (Wildman–Crippen MR) is 158 cm³/mol. The molecule has 0 spiro atoms. The first-order chi connectivity index (χ1) is 19.2. The number of sulfone groups is 2. The normalized spacial score (nSPS) is 28.7. The molecular formula is C33H33NO4S2. The van der Waals surface area contributed by atoms with Gasteiger partial charge in [-0.25, -0.2) is 16.8 Å². The van der Waals surface area contributed by atoms with E-state index < -0.39 is 42.0 Å². The lowest BCUT2D eigenvalue weighted by molar-refractivity contribution is 0.494. The molecule has 7 rings (SSSR count). The highest BCUT2D eigenvalue weighted by molar-refractivity contribution is 7.96. The van der Waals surface area contributed by atoms with Crippen molar-refractivity contribution in [2.24, 2.45) is 23.7 Å². The molecule has 2 saturated carbocycles. The Labute approximate surface area is 237 Å². The minimum Gasteiger partial charge on any atom is -0.378 e. The second kappa shape index (κ2) is 9.18. The van der Waals surface area contributed by atoms with E-state index in [2.05, 4.69) is 6.08 Å². The van der Waals surface area contributed by atoms with E-state index in [1.54, 1.807) is 60.7 Å². The lowest BCUT2D eigenvalue weighted by atomic mass is 9.82. The van der Waals surface area contributed by atoms with Crippen molar-refractivity contribution in [3.63, 3.8) is 0 Å². The van der Waals surface area contributed by atoms with Crippen molar-refractivity contribution in [1.82, 2.24) is 0 Å². The summed E-state index contributed by atoms with van der Waals surface area (Å²) in [6, 6.07) is 25.0. The summed E-state index contributed by atoms with van der Waals surface area (Å²) in [6.45, 7) is 0. The fourth-order valence-corrected chi connectivity index (χ4v) is 13.0. The van der Waals surface area contributed by atoms with E-state index in [0.29, 0.717) is 11.8 Å². The lowest BCUT2D eigenvalue weighted by Gasteiger charge is -2.35. The molecule has 0 heterocycles. The third-order valence-corrected chi connectivity index (χ3v) is 14.2. The van der Waals surface area contributed by atoms with Crippen LogP contribution in [0.2, 0.25) is 0 Å². The first-order valence-corrected chi connectivity index (χ1v) is 17.1. The van der Waals surface area contributed by atoms with E-state index >= 15 is 0 Å². The maximum atomic E-state index is 14.5. The molecule has 3 aromatic carbocycles. The Hall–Kier alpha value is -3.16. The third kappa shape index (κ3) is 3.70. The van der Waals surface area contributed by atoms with Gasteiger partial charge in [0.25, 0.3) is 0 Å². The molecule has 0 radical (unpaired) electrons. The minimum atomic E-state index is -3.97. The van der Waals surface area contributed by atoms with Crippen LogP contribution in [0.15, 0.2) is 111 Å². The van der Waals surface area contributed by atoms with Gasteiger partial charge in [0.05, 0.1) is 20.3 Å². The number of rotatable bonds is 6. The minimum absolute atomic E-state index is 0.195. The van der Waals surface area contributed by atoms with Crippen LogP contribution in [-0.2, 0) is 19.7 Å². The van der Waals surface area contributed by atoms with Crippen molar-refractivity contribution in [2.45, 2.75) is 39.6 Å². The molecule has 0 N–H and O–H groups in total. The van der Waals surface area contributed by atoms with Crippen LogP contribution in [0, 0.1) is 23.7 Å². The molecule has 0 aromatic heterocycles. The molecule has 206 valence electrons. The van der Waals surface area contributed by atoms with Crippen LogP contribution in [0.4, 0.5) is 5.69 Å². The number of hydrogen-bond donors (Lipinski definition) is 0. The Morgan fingerprint density at radius 2 is 1.10 bits per heavy atom. The van der Waals surface area contributed by atoms with Crippen molar-refractivity contribution < 1.29 is 16.8 Å². The topological polar surface area (TPSA) is 71.5 Å². The summed E-state index contributed by atoms with van der Waals surface area (Å²) in [4.78, 5) is 2.43. The summed E-state index contributed by atoms with van der Waals surface area (Å²) in [5.74, 6) is -0.137. The molecule has 7 heteroatoms. The van der Waals surface area contributed by atoms with Crippen molar-refractivity contribution in [1.29, 1.82) is 0 Å². The van der Waals surface area contributed by atoms with Gasteiger partial charge in [0.2, 0.25) is 0 Å². The lowest BCUT2D eigenvalue weighted by Crippen LogP contribution is -2.45. The van der Waals surface area contributed by atoms with Crippen LogP contribution in [0.1, 0.15) is 24.8 Å². The average Bonchev–Trinajstić information content (AvgIpc) is 3.73. The van der Waals surface area contributed by atoms with E-state index in [9.17, 15) is 16.8 Å². The molecule has 0 aliphatic heterocycles. The maximum Gasteiger partial charge on any atom is 0.183 e. The average molecular weight is 572 g/mol. The zero-order valence-electron chi connectivity index (χ0n) is 22.6. The van der Waals surface area contributed by atoms with E-state index in [0.717, 1.165) is 36.1 Å². The molecule has 0 amide bonds. The molecule has 2 fully saturated rings. The first kappa shape index (κ1) is 25.8. The van der Waals surface area contributed by atoms with Crippen molar-refractivity contribution >= 4 is 31.4 Å². The fourth-order valence-electron chi connectivity index (χ4n) is 8.04. The number of allylic oxidation sites excluding steroid dienone is 3. The highest BCUT2D eigenvalue weighted by Crippen LogP contribution is 2.68. The molecule has 3 aromatic rings. The molecule has 4 aliphatic rings. The molecule has 0 saturated heterocycles. The molecule has 5 nitrogen and oxygen atoms in total. The second-order valence-electron chi connectivity index (χ2n) is 11.8. The monoisotopic (exact) mass is 571 g/mol. The summed E-state index contributed by atoms with van der Waals surface area (Å²) < 4.78 is 58.0. The Bertz CT molecular complexity index is 1640. The van der Waals surface area contributed by atoms with Gasteiger partial charge in [-0.15, -0.1) is 0 Å². The van der Waals surface area contributed by atoms with Gasteiger partial charge in [0, 0.05) is 31.6 Å². The predicted octanol–water partition coefficient (Wildman–Crippen LogP) is 5.81. The van der Waals surface area contributed by atoms with Gasteiger partial charge in [-0.2, -0.15) is 0 Å². The Kier molecular flexibility index (Phi) is 5.92. The highest BCUT2D eigenvalue weighted by atomic mass is 32.2. The van der Waals surface area contributed by atoms with Crippen molar-refractivity contribution in [3.05, 3.63) is 107 Å². The van der Waals surface area contributed by atoms with Crippen molar-refractivity contribution in [2.75, 3.05) is 19.0 Å². The molecule has 4 bridgehead atoms. The molecule has 6 atom stereocenters. The molecular weight excluding hydrogens is 539 g/mol. The SMILES string of the molecule is CN(C)c1ccc(C=C2[C@H]3C4=C([C@H]5CC[C@H]4C5)[C@H]2[C@@H](S(=O)(=O)c2ccccc2)[C@@H]3S(=O)(=O)c2ccccc2)cc1. The molecule has 0 unspecified atom stereocenters. The van der Waals surface area contributed by atoms with Crippen LogP contribution in [0.3, 0.4) is 0 Å². The summed E-state index contributed by atoms with van der Waals surface area (Å²) in [5.41, 5.74) is 5.48. The van der Waals surface area contributed by atoms with Crippen molar-refractivity contribution in [3.8, 4) is 0 Å². The molecule has 4 aliphatic carbocycles. The van der Waals surface area contributed by atoms with E-state index in [1.165, 1.54) is 11.1 Å². The summed E-state index contributed by atoms with van der Waals surface area (Å²) in [7, 11) is -3.95. The van der Waals surface area contributed by atoms with Gasteiger partial charge in [-0.05, 0) is 73.1 Å². The number of fused-ring (bicyclic) bond motifs is 8. The van der Waals surface area contributed by atoms with Crippen LogP contribution in [0.5, 0.6) is 0 Å². The quantitative estimate of drug-likeness (QED) is 0.276. The zero-order chi connectivity index (χ0) is 27.8. The van der Waals surface area contributed by atoms with E-state index in [-0.39, 0.29) is 9.79 Å². The second-order valence-corrected chi connectivity index (χ2v) is 16.1.